The standard InChI is InChI=1S/C13H19F4NOS/c1-3-4-18-6-11-5-10(9(2)20-11)7-19-8-13(16,17)12(14)15/h5,12,18H,3-4,6-8H2,1-2H3. The van der Waals surface area contributed by atoms with E-state index in [1.165, 1.54) is 0 Å². The molecular formula is C13H19F4NOS. The first-order chi connectivity index (χ1) is 9.36. The van der Waals surface area contributed by atoms with E-state index < -0.39 is 19.0 Å². The minimum Gasteiger partial charge on any atom is -0.370 e. The zero-order chi connectivity index (χ0) is 15.2. The van der Waals surface area contributed by atoms with Gasteiger partial charge < -0.3 is 10.1 Å². The highest BCUT2D eigenvalue weighted by Gasteiger charge is 2.40. The number of aryl methyl sites for hydroxylation is 1. The summed E-state index contributed by atoms with van der Waals surface area (Å²) >= 11 is 1.55. The summed E-state index contributed by atoms with van der Waals surface area (Å²) in [4.78, 5) is 2.04. The van der Waals surface area contributed by atoms with Gasteiger partial charge in [0.1, 0.15) is 6.61 Å². The van der Waals surface area contributed by atoms with E-state index in [9.17, 15) is 17.6 Å². The van der Waals surface area contributed by atoms with Gasteiger partial charge in [-0.1, -0.05) is 6.92 Å². The van der Waals surface area contributed by atoms with Crippen LogP contribution in [0, 0.1) is 6.92 Å². The molecule has 0 aliphatic carbocycles. The van der Waals surface area contributed by atoms with Crippen molar-refractivity contribution in [3.63, 3.8) is 0 Å². The van der Waals surface area contributed by atoms with E-state index in [0.717, 1.165) is 28.3 Å². The number of alkyl halides is 4. The SMILES string of the molecule is CCCNCc1cc(COCC(F)(F)C(F)F)c(C)s1. The van der Waals surface area contributed by atoms with Crippen LogP contribution < -0.4 is 5.32 Å². The van der Waals surface area contributed by atoms with Gasteiger partial charge in [-0.05, 0) is 31.5 Å². The molecule has 116 valence electrons. The van der Waals surface area contributed by atoms with Crippen molar-refractivity contribution in [2.45, 2.75) is 45.8 Å². The minimum atomic E-state index is -4.09. The van der Waals surface area contributed by atoms with E-state index in [0.29, 0.717) is 6.54 Å². The highest BCUT2D eigenvalue weighted by atomic mass is 32.1. The van der Waals surface area contributed by atoms with Gasteiger partial charge in [0.25, 0.3) is 0 Å². The molecule has 0 atom stereocenters. The molecule has 0 amide bonds. The van der Waals surface area contributed by atoms with Gasteiger partial charge in [-0.3, -0.25) is 0 Å². The third-order valence-electron chi connectivity index (χ3n) is 2.67. The second kappa shape index (κ2) is 7.95. The molecule has 1 N–H and O–H groups in total. The zero-order valence-electron chi connectivity index (χ0n) is 11.5. The lowest BCUT2D eigenvalue weighted by Gasteiger charge is -2.14. The predicted octanol–water partition coefficient (Wildman–Crippen LogP) is 3.97. The van der Waals surface area contributed by atoms with Crippen LogP contribution in [0.5, 0.6) is 0 Å². The summed E-state index contributed by atoms with van der Waals surface area (Å²) in [5.74, 6) is -4.09. The Kier molecular flexibility index (Phi) is 6.91. The number of thiophene rings is 1. The van der Waals surface area contributed by atoms with Crippen LogP contribution in [-0.4, -0.2) is 25.5 Å². The second-order valence-electron chi connectivity index (χ2n) is 4.53. The zero-order valence-corrected chi connectivity index (χ0v) is 12.3. The van der Waals surface area contributed by atoms with Crippen molar-refractivity contribution >= 4 is 11.3 Å². The molecule has 0 spiro atoms. The molecule has 20 heavy (non-hydrogen) atoms. The summed E-state index contributed by atoms with van der Waals surface area (Å²) in [7, 11) is 0. The van der Waals surface area contributed by atoms with E-state index >= 15 is 0 Å². The Balaban J connectivity index is 2.44. The molecular weight excluding hydrogens is 294 g/mol. The second-order valence-corrected chi connectivity index (χ2v) is 5.87. The summed E-state index contributed by atoms with van der Waals surface area (Å²) in [5, 5.41) is 3.24. The fourth-order valence-electron chi connectivity index (χ4n) is 1.57. The minimum absolute atomic E-state index is 0.0710. The predicted molar refractivity (Wildman–Crippen MR) is 71.7 cm³/mol. The first-order valence-electron chi connectivity index (χ1n) is 6.39. The molecule has 0 aromatic carbocycles. The first kappa shape index (κ1) is 17.4. The molecule has 7 heteroatoms. The van der Waals surface area contributed by atoms with E-state index in [4.69, 9.17) is 4.74 Å². The Hall–Kier alpha value is -0.660. The van der Waals surface area contributed by atoms with Gasteiger partial charge in [0.15, 0.2) is 0 Å². The van der Waals surface area contributed by atoms with Crippen LogP contribution in [0.4, 0.5) is 17.6 Å². The number of nitrogens with one attached hydrogen (secondary N) is 1. The van der Waals surface area contributed by atoms with Gasteiger partial charge in [0, 0.05) is 16.3 Å². The van der Waals surface area contributed by atoms with Crippen LogP contribution in [0.1, 0.15) is 28.7 Å². The van der Waals surface area contributed by atoms with E-state index in [2.05, 4.69) is 12.2 Å². The van der Waals surface area contributed by atoms with Crippen molar-refractivity contribution in [2.75, 3.05) is 13.2 Å². The molecule has 1 rings (SSSR count). The summed E-state index contributed by atoms with van der Waals surface area (Å²) < 4.78 is 54.0. The third-order valence-corrected chi connectivity index (χ3v) is 3.76. The van der Waals surface area contributed by atoms with Crippen LogP contribution in [0.3, 0.4) is 0 Å². The average Bonchev–Trinajstić information content (AvgIpc) is 2.70. The molecule has 0 saturated carbocycles. The molecule has 1 aromatic heterocycles. The van der Waals surface area contributed by atoms with E-state index in [1.807, 2.05) is 13.0 Å². The lowest BCUT2D eigenvalue weighted by atomic mass is 10.2. The first-order valence-corrected chi connectivity index (χ1v) is 7.21. The number of halogens is 4. The highest BCUT2D eigenvalue weighted by Crippen LogP contribution is 2.25. The van der Waals surface area contributed by atoms with Crippen molar-refractivity contribution in [2.24, 2.45) is 0 Å². The van der Waals surface area contributed by atoms with Crippen LogP contribution in [-0.2, 0) is 17.9 Å². The van der Waals surface area contributed by atoms with Crippen LogP contribution in [0.2, 0.25) is 0 Å². The quantitative estimate of drug-likeness (QED) is 0.550. The molecule has 1 heterocycles. The number of ether oxygens (including phenoxy) is 1. The molecule has 0 aliphatic heterocycles. The molecule has 2 nitrogen and oxygen atoms in total. The van der Waals surface area contributed by atoms with Crippen LogP contribution in [0.25, 0.3) is 0 Å². The average molecular weight is 313 g/mol. The summed E-state index contributed by atoms with van der Waals surface area (Å²) in [6.45, 7) is 4.21. The Labute approximate surface area is 120 Å². The van der Waals surface area contributed by atoms with Crippen molar-refractivity contribution in [1.82, 2.24) is 5.32 Å². The summed E-state index contributed by atoms with van der Waals surface area (Å²) in [5.41, 5.74) is 0.772. The monoisotopic (exact) mass is 313 g/mol. The fraction of sp³-hybridized carbons (Fsp3) is 0.692. The van der Waals surface area contributed by atoms with Gasteiger partial charge in [0.05, 0.1) is 6.61 Å². The molecule has 0 radical (unpaired) electrons. The summed E-state index contributed by atoms with van der Waals surface area (Å²) in [6, 6.07) is 1.86. The number of hydrogen-bond acceptors (Lipinski definition) is 3. The van der Waals surface area contributed by atoms with Crippen LogP contribution in [0.15, 0.2) is 6.07 Å². The lowest BCUT2D eigenvalue weighted by Crippen LogP contribution is -2.32. The van der Waals surface area contributed by atoms with Gasteiger partial charge >= 0.3 is 12.3 Å². The van der Waals surface area contributed by atoms with Crippen molar-refractivity contribution in [3.05, 3.63) is 21.4 Å². The van der Waals surface area contributed by atoms with Crippen molar-refractivity contribution in [1.29, 1.82) is 0 Å². The summed E-state index contributed by atoms with van der Waals surface area (Å²) in [6.07, 6.45) is -2.66. The van der Waals surface area contributed by atoms with Gasteiger partial charge in [-0.15, -0.1) is 11.3 Å². The maximum atomic E-state index is 12.7. The van der Waals surface area contributed by atoms with Gasteiger partial charge in [0.2, 0.25) is 0 Å². The maximum Gasteiger partial charge on any atom is 0.330 e. The Bertz CT molecular complexity index is 409. The van der Waals surface area contributed by atoms with Crippen LogP contribution >= 0.6 is 11.3 Å². The van der Waals surface area contributed by atoms with E-state index in [1.54, 1.807) is 11.3 Å². The highest BCUT2D eigenvalue weighted by molar-refractivity contribution is 7.12. The lowest BCUT2D eigenvalue weighted by molar-refractivity contribution is -0.168. The van der Waals surface area contributed by atoms with E-state index in [-0.39, 0.29) is 6.61 Å². The normalized spacial score (nSPS) is 12.3. The molecule has 0 fully saturated rings. The largest absolute Gasteiger partial charge is 0.370 e. The molecule has 0 bridgehead atoms. The Morgan fingerprint density at radius 2 is 2.10 bits per heavy atom. The Morgan fingerprint density at radius 1 is 1.40 bits per heavy atom. The fourth-order valence-corrected chi connectivity index (χ4v) is 2.58. The molecule has 1 aromatic rings. The molecule has 0 saturated heterocycles. The topological polar surface area (TPSA) is 21.3 Å². The molecule has 0 aliphatic rings. The smallest absolute Gasteiger partial charge is 0.330 e. The van der Waals surface area contributed by atoms with Gasteiger partial charge in [-0.2, -0.15) is 8.78 Å². The number of hydrogen-bond donors (Lipinski definition) is 1. The van der Waals surface area contributed by atoms with Crippen molar-refractivity contribution < 1.29 is 22.3 Å². The maximum absolute atomic E-state index is 12.7. The number of rotatable bonds is 9. The Morgan fingerprint density at radius 3 is 2.70 bits per heavy atom. The third kappa shape index (κ3) is 5.38. The van der Waals surface area contributed by atoms with Gasteiger partial charge in [-0.25, -0.2) is 8.78 Å². The molecule has 0 unspecified atom stereocenters. The van der Waals surface area contributed by atoms with Crippen molar-refractivity contribution in [3.8, 4) is 0 Å².